The van der Waals surface area contributed by atoms with Crippen LogP contribution in [0.4, 0.5) is 5.69 Å². The Morgan fingerprint density at radius 1 is 1.32 bits per heavy atom. The average molecular weight is 494 g/mol. The number of anilines is 1. The van der Waals surface area contributed by atoms with Gasteiger partial charge in [0.2, 0.25) is 5.91 Å². The first-order valence-corrected chi connectivity index (χ1v) is 11.3. The average Bonchev–Trinajstić information content (AvgIpc) is 2.96. The lowest BCUT2D eigenvalue weighted by atomic mass is 10.2. The number of carbonyl (C=O) groups is 2. The lowest BCUT2D eigenvalue weighted by Gasteiger charge is -2.24. The SMILES string of the molecule is O=C(O)CCC(=O)N=C1S[C@H]2CS(=O)(=O)C[C@@H]2N1c1cccc(I)c1. The van der Waals surface area contributed by atoms with Gasteiger partial charge in [-0.25, -0.2) is 8.42 Å². The number of carboxylic acids is 1. The highest BCUT2D eigenvalue weighted by Crippen LogP contribution is 2.41. The van der Waals surface area contributed by atoms with Crippen molar-refractivity contribution < 1.29 is 23.1 Å². The number of amides is 1. The molecule has 3 rings (SSSR count). The van der Waals surface area contributed by atoms with Crippen molar-refractivity contribution in [2.24, 2.45) is 4.99 Å². The topological polar surface area (TPSA) is 104 Å². The van der Waals surface area contributed by atoms with Crippen LogP contribution in [-0.2, 0) is 19.4 Å². The number of rotatable bonds is 4. The molecule has 1 N–H and O–H groups in total. The Hall–Kier alpha value is -1.14. The fourth-order valence-electron chi connectivity index (χ4n) is 2.87. The number of aliphatic carboxylic acids is 1. The summed E-state index contributed by atoms with van der Waals surface area (Å²) in [7, 11) is -3.11. The number of fused-ring (bicyclic) bond motifs is 1. The van der Waals surface area contributed by atoms with Gasteiger partial charge in [0.05, 0.1) is 24.0 Å². The molecule has 2 heterocycles. The summed E-state index contributed by atoms with van der Waals surface area (Å²) in [6, 6.07) is 7.28. The third-order valence-corrected chi connectivity index (χ3v) is 7.81. The molecule has 1 amide bonds. The molecule has 2 atom stereocenters. The second-order valence-electron chi connectivity index (χ2n) is 5.83. The molecule has 1 aromatic carbocycles. The first kappa shape index (κ1) is 18.6. The van der Waals surface area contributed by atoms with E-state index >= 15 is 0 Å². The molecule has 25 heavy (non-hydrogen) atoms. The van der Waals surface area contributed by atoms with Crippen LogP contribution < -0.4 is 4.90 Å². The minimum atomic E-state index is -3.11. The van der Waals surface area contributed by atoms with Crippen LogP contribution >= 0.6 is 34.4 Å². The second kappa shape index (κ2) is 7.23. The monoisotopic (exact) mass is 494 g/mol. The molecule has 134 valence electrons. The molecule has 7 nitrogen and oxygen atoms in total. The van der Waals surface area contributed by atoms with Crippen molar-refractivity contribution in [1.29, 1.82) is 0 Å². The van der Waals surface area contributed by atoms with Crippen LogP contribution in [0, 0.1) is 3.57 Å². The van der Waals surface area contributed by atoms with E-state index in [0.717, 1.165) is 9.26 Å². The van der Waals surface area contributed by atoms with Gasteiger partial charge in [0.15, 0.2) is 15.0 Å². The van der Waals surface area contributed by atoms with Gasteiger partial charge in [0.25, 0.3) is 0 Å². The van der Waals surface area contributed by atoms with Crippen molar-refractivity contribution in [3.8, 4) is 0 Å². The first-order chi connectivity index (χ1) is 11.7. The van der Waals surface area contributed by atoms with Gasteiger partial charge >= 0.3 is 5.97 Å². The van der Waals surface area contributed by atoms with E-state index in [1.807, 2.05) is 24.3 Å². The van der Waals surface area contributed by atoms with Gasteiger partial charge < -0.3 is 10.0 Å². The van der Waals surface area contributed by atoms with E-state index in [1.165, 1.54) is 11.8 Å². The third-order valence-electron chi connectivity index (χ3n) is 3.93. The number of nitrogens with zero attached hydrogens (tertiary/aromatic N) is 2. The second-order valence-corrected chi connectivity index (χ2v) is 10.4. The van der Waals surface area contributed by atoms with E-state index < -0.39 is 21.7 Å². The van der Waals surface area contributed by atoms with E-state index in [-0.39, 0.29) is 35.6 Å². The Bertz CT molecular complexity index is 855. The summed E-state index contributed by atoms with van der Waals surface area (Å²) < 4.78 is 24.9. The highest BCUT2D eigenvalue weighted by molar-refractivity contribution is 14.1. The zero-order valence-corrected chi connectivity index (χ0v) is 16.8. The fraction of sp³-hybridized carbons (Fsp3) is 0.400. The highest BCUT2D eigenvalue weighted by atomic mass is 127. The molecule has 0 unspecified atom stereocenters. The molecular formula is C15H15IN2O5S2. The predicted molar refractivity (Wildman–Crippen MR) is 105 cm³/mol. The number of carbonyl (C=O) groups excluding carboxylic acids is 1. The van der Waals surface area contributed by atoms with Crippen molar-refractivity contribution >= 4 is 66.9 Å². The number of hydrogen-bond acceptors (Lipinski definition) is 5. The largest absolute Gasteiger partial charge is 0.481 e. The number of aliphatic imine (C=N–C) groups is 1. The number of carboxylic acid groups (broad SMARTS) is 1. The molecular weight excluding hydrogens is 479 g/mol. The molecule has 2 aliphatic heterocycles. The summed E-state index contributed by atoms with van der Waals surface area (Å²) in [4.78, 5) is 28.5. The van der Waals surface area contributed by atoms with Crippen molar-refractivity contribution in [2.45, 2.75) is 24.1 Å². The first-order valence-electron chi connectivity index (χ1n) is 7.50. The Morgan fingerprint density at radius 2 is 2.08 bits per heavy atom. The number of thioether (sulfide) groups is 1. The molecule has 2 fully saturated rings. The Labute approximate surface area is 162 Å². The van der Waals surface area contributed by atoms with Crippen LogP contribution in [0.25, 0.3) is 0 Å². The van der Waals surface area contributed by atoms with Crippen molar-refractivity contribution in [2.75, 3.05) is 16.4 Å². The van der Waals surface area contributed by atoms with E-state index in [0.29, 0.717) is 5.17 Å². The van der Waals surface area contributed by atoms with Crippen molar-refractivity contribution in [3.63, 3.8) is 0 Å². The molecule has 2 saturated heterocycles. The molecule has 0 bridgehead atoms. The standard InChI is InChI=1S/C15H15IN2O5S2/c16-9-2-1-3-10(6-9)18-11-7-25(22,23)8-12(11)24-15(18)17-13(19)4-5-14(20)21/h1-3,6,11-12H,4-5,7-8H2,(H,20,21)/t11-,12-/m0/s1. The van der Waals surface area contributed by atoms with E-state index in [2.05, 4.69) is 27.6 Å². The molecule has 0 aromatic heterocycles. The molecule has 2 aliphatic rings. The summed E-state index contributed by atoms with van der Waals surface area (Å²) in [6.07, 6.45) is -0.446. The van der Waals surface area contributed by atoms with Gasteiger partial charge in [-0.2, -0.15) is 4.99 Å². The van der Waals surface area contributed by atoms with Gasteiger partial charge in [-0.15, -0.1) is 0 Å². The maximum atomic E-state index is 12.0. The van der Waals surface area contributed by atoms with Crippen LogP contribution in [0.5, 0.6) is 0 Å². The minimum absolute atomic E-state index is 0.0263. The van der Waals surface area contributed by atoms with Gasteiger partial charge in [-0.1, -0.05) is 17.8 Å². The molecule has 0 radical (unpaired) electrons. The van der Waals surface area contributed by atoms with Gasteiger partial charge in [-0.3, -0.25) is 9.59 Å². The number of hydrogen-bond donors (Lipinski definition) is 1. The quantitative estimate of drug-likeness (QED) is 0.637. The molecule has 1 aromatic rings. The molecule has 0 saturated carbocycles. The van der Waals surface area contributed by atoms with Crippen LogP contribution in [0.1, 0.15) is 12.8 Å². The van der Waals surface area contributed by atoms with Crippen LogP contribution in [-0.4, -0.2) is 53.4 Å². The minimum Gasteiger partial charge on any atom is -0.481 e. The number of amidine groups is 1. The van der Waals surface area contributed by atoms with Crippen LogP contribution in [0.2, 0.25) is 0 Å². The summed E-state index contributed by atoms with van der Waals surface area (Å²) in [6.45, 7) is 0. The maximum Gasteiger partial charge on any atom is 0.303 e. The predicted octanol–water partition coefficient (Wildman–Crippen LogP) is 1.76. The zero-order valence-electron chi connectivity index (χ0n) is 13.0. The molecule has 0 aliphatic carbocycles. The fourth-order valence-corrected chi connectivity index (χ4v) is 7.33. The highest BCUT2D eigenvalue weighted by Gasteiger charge is 2.49. The number of halogens is 1. The summed E-state index contributed by atoms with van der Waals surface area (Å²) in [5.74, 6) is -1.47. The Balaban J connectivity index is 1.92. The van der Waals surface area contributed by atoms with Gasteiger partial charge in [-0.05, 0) is 40.8 Å². The number of sulfone groups is 1. The van der Waals surface area contributed by atoms with Gasteiger partial charge in [0, 0.05) is 20.9 Å². The molecule has 10 heteroatoms. The van der Waals surface area contributed by atoms with E-state index in [1.54, 1.807) is 4.90 Å². The number of benzene rings is 1. The summed E-state index contributed by atoms with van der Waals surface area (Å²) >= 11 is 3.45. The Kier molecular flexibility index (Phi) is 5.40. The van der Waals surface area contributed by atoms with Crippen molar-refractivity contribution in [3.05, 3.63) is 27.8 Å². The van der Waals surface area contributed by atoms with Crippen LogP contribution in [0.3, 0.4) is 0 Å². The van der Waals surface area contributed by atoms with E-state index in [9.17, 15) is 18.0 Å². The van der Waals surface area contributed by atoms with Crippen LogP contribution in [0.15, 0.2) is 29.3 Å². The third kappa shape index (κ3) is 4.34. The maximum absolute atomic E-state index is 12.0. The summed E-state index contributed by atoms with van der Waals surface area (Å²) in [5, 5.41) is 8.96. The van der Waals surface area contributed by atoms with E-state index in [4.69, 9.17) is 5.11 Å². The molecule has 0 spiro atoms. The lowest BCUT2D eigenvalue weighted by molar-refractivity contribution is -0.138. The normalized spacial score (nSPS) is 26.0. The van der Waals surface area contributed by atoms with Gasteiger partial charge in [0.1, 0.15) is 0 Å². The zero-order chi connectivity index (χ0) is 18.2. The summed E-state index contributed by atoms with van der Waals surface area (Å²) in [5.41, 5.74) is 0.786. The smallest absolute Gasteiger partial charge is 0.303 e. The lowest BCUT2D eigenvalue weighted by Crippen LogP contribution is -2.37. The Morgan fingerprint density at radius 3 is 2.76 bits per heavy atom. The van der Waals surface area contributed by atoms with Crippen molar-refractivity contribution in [1.82, 2.24) is 0 Å².